The number of ether oxygens (including phenoxy) is 3. The van der Waals surface area contributed by atoms with Gasteiger partial charge in [-0.1, -0.05) is 19.9 Å². The Labute approximate surface area is 164 Å². The number of aromatic nitrogens is 1. The molecule has 0 saturated heterocycles. The van der Waals surface area contributed by atoms with Gasteiger partial charge in [-0.15, -0.1) is 0 Å². The van der Waals surface area contributed by atoms with Gasteiger partial charge in [0.15, 0.2) is 11.5 Å². The zero-order chi connectivity index (χ0) is 20.8. The number of nitrogens with one attached hydrogen (secondary N) is 1. The summed E-state index contributed by atoms with van der Waals surface area (Å²) in [6, 6.07) is 6.66. The third-order valence-electron chi connectivity index (χ3n) is 4.29. The first kappa shape index (κ1) is 21.3. The van der Waals surface area contributed by atoms with E-state index in [4.69, 9.17) is 14.2 Å². The molecule has 0 radical (unpaired) electrons. The molecule has 2 N–H and O–H groups in total. The summed E-state index contributed by atoms with van der Waals surface area (Å²) in [5.74, 6) is 0.0250. The fourth-order valence-corrected chi connectivity index (χ4v) is 2.93. The van der Waals surface area contributed by atoms with E-state index in [2.05, 4.69) is 4.98 Å². The van der Waals surface area contributed by atoms with Crippen molar-refractivity contribution in [2.45, 2.75) is 33.1 Å². The van der Waals surface area contributed by atoms with Crippen LogP contribution < -0.4 is 15.0 Å². The largest absolute Gasteiger partial charge is 0.507 e. The van der Waals surface area contributed by atoms with Crippen LogP contribution in [0.3, 0.4) is 0 Å². The average molecular weight is 389 g/mol. The van der Waals surface area contributed by atoms with E-state index in [-0.39, 0.29) is 17.7 Å². The first-order chi connectivity index (χ1) is 13.3. The third kappa shape index (κ3) is 5.06. The highest BCUT2D eigenvalue weighted by Crippen LogP contribution is 2.37. The van der Waals surface area contributed by atoms with Gasteiger partial charge in [-0.05, 0) is 36.6 Å². The molecule has 2 aromatic rings. The van der Waals surface area contributed by atoms with E-state index in [1.165, 1.54) is 20.3 Å². The number of aromatic amines is 1. The van der Waals surface area contributed by atoms with Crippen molar-refractivity contribution in [3.63, 3.8) is 0 Å². The second-order valence-electron chi connectivity index (χ2n) is 7.03. The Bertz CT molecular complexity index is 887. The maximum atomic E-state index is 12.5. The smallest absolute Gasteiger partial charge is 0.306 e. The van der Waals surface area contributed by atoms with Gasteiger partial charge in [0.1, 0.15) is 5.75 Å². The SMILES string of the molecule is COC(=O)CC(c1ccc(OCC(C)C)c(OC)c1)c1c(O)cc(C)[nH]c1=O. The molecule has 1 atom stereocenters. The quantitative estimate of drug-likeness (QED) is 0.673. The molecule has 1 unspecified atom stereocenters. The highest BCUT2D eigenvalue weighted by atomic mass is 16.5. The molecule has 0 fully saturated rings. The van der Waals surface area contributed by atoms with Crippen molar-refractivity contribution < 1.29 is 24.1 Å². The first-order valence-corrected chi connectivity index (χ1v) is 9.07. The number of pyridine rings is 1. The van der Waals surface area contributed by atoms with Gasteiger partial charge in [0.25, 0.3) is 5.56 Å². The second kappa shape index (κ2) is 9.30. The number of carbonyl (C=O) groups is 1. The number of hydrogen-bond acceptors (Lipinski definition) is 6. The molecule has 0 aliphatic carbocycles. The molecule has 2 rings (SSSR count). The van der Waals surface area contributed by atoms with E-state index >= 15 is 0 Å². The second-order valence-corrected chi connectivity index (χ2v) is 7.03. The minimum Gasteiger partial charge on any atom is -0.507 e. The van der Waals surface area contributed by atoms with Crippen molar-refractivity contribution in [1.82, 2.24) is 4.98 Å². The molecule has 1 aromatic heterocycles. The highest BCUT2D eigenvalue weighted by molar-refractivity contribution is 5.71. The van der Waals surface area contributed by atoms with E-state index < -0.39 is 17.4 Å². The Morgan fingerprint density at radius 2 is 1.89 bits per heavy atom. The minimum atomic E-state index is -0.704. The maximum absolute atomic E-state index is 12.5. The first-order valence-electron chi connectivity index (χ1n) is 9.07. The average Bonchev–Trinajstić information content (AvgIpc) is 2.64. The van der Waals surface area contributed by atoms with Crippen LogP contribution in [0.5, 0.6) is 17.2 Å². The van der Waals surface area contributed by atoms with Crippen LogP contribution in [-0.2, 0) is 9.53 Å². The van der Waals surface area contributed by atoms with E-state index in [1.807, 2.05) is 13.8 Å². The molecule has 0 saturated carbocycles. The molecule has 28 heavy (non-hydrogen) atoms. The molecule has 0 spiro atoms. The van der Waals surface area contributed by atoms with Crippen molar-refractivity contribution in [2.75, 3.05) is 20.8 Å². The molecule has 0 amide bonds. The molecule has 0 aliphatic heterocycles. The van der Waals surface area contributed by atoms with E-state index in [9.17, 15) is 14.7 Å². The summed E-state index contributed by atoms with van der Waals surface area (Å²) in [7, 11) is 2.80. The van der Waals surface area contributed by atoms with Gasteiger partial charge in [0.2, 0.25) is 0 Å². The molecule has 1 heterocycles. The Morgan fingerprint density at radius 3 is 2.46 bits per heavy atom. The van der Waals surface area contributed by atoms with Crippen LogP contribution in [0, 0.1) is 12.8 Å². The summed E-state index contributed by atoms with van der Waals surface area (Å²) in [4.78, 5) is 27.2. The van der Waals surface area contributed by atoms with E-state index in [0.717, 1.165) is 0 Å². The summed E-state index contributed by atoms with van der Waals surface area (Å²) in [6.45, 7) is 6.28. The number of methoxy groups -OCH3 is 2. The Kier molecular flexibility index (Phi) is 7.09. The number of aromatic hydroxyl groups is 1. The standard InChI is InChI=1S/C21H27NO6/c1-12(2)11-28-17-7-6-14(9-18(17)26-4)15(10-19(24)27-5)20-16(23)8-13(3)22-21(20)25/h6-9,12,15H,10-11H2,1-5H3,(H2,22,23,25). The zero-order valence-corrected chi connectivity index (χ0v) is 16.9. The molecular formula is C21H27NO6. The van der Waals surface area contributed by atoms with Gasteiger partial charge >= 0.3 is 5.97 Å². The van der Waals surface area contributed by atoms with E-state index in [0.29, 0.717) is 35.3 Å². The number of carbonyl (C=O) groups excluding carboxylic acids is 1. The zero-order valence-electron chi connectivity index (χ0n) is 16.9. The van der Waals surface area contributed by atoms with Crippen LogP contribution in [-0.4, -0.2) is 36.9 Å². The van der Waals surface area contributed by atoms with Crippen molar-refractivity contribution in [2.24, 2.45) is 5.92 Å². The number of benzene rings is 1. The normalized spacial score (nSPS) is 11.9. The lowest BCUT2D eigenvalue weighted by atomic mass is 9.88. The van der Waals surface area contributed by atoms with Crippen LogP contribution in [0.4, 0.5) is 0 Å². The monoisotopic (exact) mass is 389 g/mol. The number of rotatable bonds is 8. The lowest BCUT2D eigenvalue weighted by Crippen LogP contribution is -2.21. The molecule has 0 aliphatic rings. The van der Waals surface area contributed by atoms with Crippen LogP contribution >= 0.6 is 0 Å². The van der Waals surface area contributed by atoms with Gasteiger partial charge in [-0.3, -0.25) is 9.59 Å². The summed E-state index contributed by atoms with van der Waals surface area (Å²) in [5, 5.41) is 10.4. The van der Waals surface area contributed by atoms with Gasteiger partial charge in [0.05, 0.1) is 32.8 Å². The third-order valence-corrected chi connectivity index (χ3v) is 4.29. The lowest BCUT2D eigenvalue weighted by molar-refractivity contribution is -0.140. The molecule has 0 bridgehead atoms. The molecule has 152 valence electrons. The van der Waals surface area contributed by atoms with Crippen molar-refractivity contribution >= 4 is 5.97 Å². The van der Waals surface area contributed by atoms with Crippen LogP contribution in [0.2, 0.25) is 0 Å². The van der Waals surface area contributed by atoms with Gasteiger partial charge in [0, 0.05) is 11.6 Å². The summed E-state index contributed by atoms with van der Waals surface area (Å²) in [6.07, 6.45) is -0.106. The molecular weight excluding hydrogens is 362 g/mol. The van der Waals surface area contributed by atoms with Crippen molar-refractivity contribution in [3.05, 3.63) is 51.4 Å². The Balaban J connectivity index is 2.53. The van der Waals surface area contributed by atoms with Crippen molar-refractivity contribution in [3.8, 4) is 17.2 Å². The number of esters is 1. The summed E-state index contributed by atoms with van der Waals surface area (Å²) in [5.41, 5.74) is 0.807. The summed E-state index contributed by atoms with van der Waals surface area (Å²) < 4.78 is 16.0. The van der Waals surface area contributed by atoms with E-state index in [1.54, 1.807) is 25.1 Å². The van der Waals surface area contributed by atoms with Crippen LogP contribution in [0.25, 0.3) is 0 Å². The molecule has 1 aromatic carbocycles. The topological polar surface area (TPSA) is 97.8 Å². The Hall–Kier alpha value is -2.96. The fraction of sp³-hybridized carbons (Fsp3) is 0.429. The minimum absolute atomic E-state index is 0.105. The number of hydrogen-bond donors (Lipinski definition) is 2. The summed E-state index contributed by atoms with van der Waals surface area (Å²) >= 11 is 0. The number of aryl methyl sites for hydroxylation is 1. The van der Waals surface area contributed by atoms with Gasteiger partial charge in [-0.2, -0.15) is 0 Å². The highest BCUT2D eigenvalue weighted by Gasteiger charge is 2.26. The predicted octanol–water partition coefficient (Wildman–Crippen LogP) is 3.13. The molecule has 7 heteroatoms. The lowest BCUT2D eigenvalue weighted by Gasteiger charge is -2.20. The van der Waals surface area contributed by atoms with Crippen molar-refractivity contribution in [1.29, 1.82) is 0 Å². The predicted molar refractivity (Wildman–Crippen MR) is 105 cm³/mol. The van der Waals surface area contributed by atoms with Gasteiger partial charge in [-0.25, -0.2) is 0 Å². The fourth-order valence-electron chi connectivity index (χ4n) is 2.93. The van der Waals surface area contributed by atoms with Crippen LogP contribution in [0.1, 0.15) is 43.0 Å². The van der Waals surface area contributed by atoms with Crippen LogP contribution in [0.15, 0.2) is 29.1 Å². The maximum Gasteiger partial charge on any atom is 0.306 e. The molecule has 7 nitrogen and oxygen atoms in total. The number of H-pyrrole nitrogens is 1. The van der Waals surface area contributed by atoms with Gasteiger partial charge < -0.3 is 24.3 Å². The Morgan fingerprint density at radius 1 is 1.18 bits per heavy atom.